The van der Waals surface area contributed by atoms with Crippen LogP contribution in [0, 0.1) is 27.1 Å². The molecule has 0 spiro atoms. The molecule has 0 heterocycles. The van der Waals surface area contributed by atoms with E-state index in [0.717, 1.165) is 0 Å². The van der Waals surface area contributed by atoms with Crippen LogP contribution in [0.1, 0.15) is 186 Å². The van der Waals surface area contributed by atoms with Crippen LogP contribution >= 0.6 is 0 Å². The Balaban J connectivity index is 4.20. The minimum atomic E-state index is 0.439. The molecule has 1 unspecified atom stereocenters. The lowest BCUT2D eigenvalue weighted by Crippen LogP contribution is -2.32. The van der Waals surface area contributed by atoms with Crippen molar-refractivity contribution in [1.29, 1.82) is 0 Å². The summed E-state index contributed by atoms with van der Waals surface area (Å²) in [5, 5.41) is 0. The van der Waals surface area contributed by atoms with Crippen molar-refractivity contribution < 1.29 is 0 Å². The quantitative estimate of drug-likeness (QED) is 0.177. The molecule has 0 radical (unpaired) electrons. The lowest BCUT2D eigenvalue weighted by Gasteiger charge is -2.42. The predicted molar refractivity (Wildman–Crippen MR) is 154 cm³/mol. The summed E-state index contributed by atoms with van der Waals surface area (Å²) >= 11 is 0. The molecule has 0 aromatic rings. The molecular weight excluding hydrogens is 396 g/mol. The fourth-order valence-corrected chi connectivity index (χ4v) is 5.25. The van der Waals surface area contributed by atoms with E-state index < -0.39 is 0 Å². The first kappa shape index (κ1) is 33.0. The average molecular weight is 465 g/mol. The van der Waals surface area contributed by atoms with Crippen LogP contribution in [0.2, 0.25) is 0 Å². The predicted octanol–water partition coefficient (Wildman–Crippen LogP) is 12.4. The van der Waals surface area contributed by atoms with Gasteiger partial charge < -0.3 is 0 Å². The highest BCUT2D eigenvalue weighted by atomic mass is 14.4. The summed E-state index contributed by atoms with van der Waals surface area (Å²) < 4.78 is 0. The molecule has 33 heavy (non-hydrogen) atoms. The van der Waals surface area contributed by atoms with Gasteiger partial charge in [0, 0.05) is 0 Å². The van der Waals surface area contributed by atoms with Crippen molar-refractivity contribution in [3.05, 3.63) is 0 Å². The van der Waals surface area contributed by atoms with Crippen molar-refractivity contribution in [2.24, 2.45) is 27.1 Å². The van der Waals surface area contributed by atoms with Gasteiger partial charge in [0.15, 0.2) is 0 Å². The number of unbranched alkanes of at least 4 members (excludes halogenated alkanes) is 6. The summed E-state index contributed by atoms with van der Waals surface area (Å²) in [6.45, 7) is 29.4. The summed E-state index contributed by atoms with van der Waals surface area (Å²) in [4.78, 5) is 0. The first-order chi connectivity index (χ1) is 14.9. The van der Waals surface area contributed by atoms with Crippen LogP contribution in [0.25, 0.3) is 0 Å². The van der Waals surface area contributed by atoms with Gasteiger partial charge in [-0.15, -0.1) is 0 Å². The molecule has 0 aliphatic rings. The standard InChI is InChI=1S/C33H68/c1-13-33(12,28-22-24-30(5,6)7)27-21-20-26-32(10,11)31(8,9)25-19-17-15-14-16-18-23-29(2,3)4/h13-28H2,1-12H3. The minimum absolute atomic E-state index is 0.439. The van der Waals surface area contributed by atoms with Gasteiger partial charge in [-0.05, 0) is 65.6 Å². The van der Waals surface area contributed by atoms with Crippen LogP contribution in [0.4, 0.5) is 0 Å². The summed E-state index contributed by atoms with van der Waals surface area (Å²) in [5.74, 6) is 0. The monoisotopic (exact) mass is 465 g/mol. The molecule has 1 atom stereocenters. The molecule has 0 bridgehead atoms. The number of hydrogen-bond acceptors (Lipinski definition) is 0. The zero-order chi connectivity index (χ0) is 25.8. The maximum absolute atomic E-state index is 2.55. The fourth-order valence-electron chi connectivity index (χ4n) is 5.25. The second kappa shape index (κ2) is 14.5. The molecule has 0 aromatic carbocycles. The van der Waals surface area contributed by atoms with E-state index in [2.05, 4.69) is 83.1 Å². The van der Waals surface area contributed by atoms with Gasteiger partial charge in [-0.1, -0.05) is 147 Å². The smallest absolute Gasteiger partial charge is 0.0303 e. The largest absolute Gasteiger partial charge is 0.0649 e. The molecule has 0 aromatic heterocycles. The zero-order valence-electron chi connectivity index (χ0n) is 25.8. The van der Waals surface area contributed by atoms with Gasteiger partial charge in [-0.3, -0.25) is 0 Å². The first-order valence-electron chi connectivity index (χ1n) is 14.9. The highest BCUT2D eigenvalue weighted by molar-refractivity contribution is 4.86. The second-order valence-electron chi connectivity index (χ2n) is 15.7. The molecule has 0 amide bonds. The molecule has 0 rings (SSSR count). The van der Waals surface area contributed by atoms with Crippen molar-refractivity contribution in [2.75, 3.05) is 0 Å². The second-order valence-corrected chi connectivity index (χ2v) is 15.7. The van der Waals surface area contributed by atoms with Gasteiger partial charge in [0.2, 0.25) is 0 Å². The average Bonchev–Trinajstić information content (AvgIpc) is 2.65. The third-order valence-corrected chi connectivity index (χ3v) is 9.20. The van der Waals surface area contributed by atoms with E-state index in [4.69, 9.17) is 0 Å². The molecule has 0 saturated heterocycles. The fraction of sp³-hybridized carbons (Fsp3) is 1.00. The van der Waals surface area contributed by atoms with Crippen molar-refractivity contribution in [2.45, 2.75) is 186 Å². The van der Waals surface area contributed by atoms with Gasteiger partial charge in [0.25, 0.3) is 0 Å². The Labute approximate surface area is 212 Å². The molecule has 0 heteroatoms. The number of hydrogen-bond donors (Lipinski definition) is 0. The molecule has 0 aliphatic carbocycles. The van der Waals surface area contributed by atoms with Crippen molar-refractivity contribution >= 4 is 0 Å². The molecule has 0 aliphatic heterocycles. The summed E-state index contributed by atoms with van der Waals surface area (Å²) in [6, 6.07) is 0. The van der Waals surface area contributed by atoms with Gasteiger partial charge in [0.1, 0.15) is 0 Å². The van der Waals surface area contributed by atoms with Gasteiger partial charge in [-0.2, -0.15) is 0 Å². The van der Waals surface area contributed by atoms with Gasteiger partial charge in [0.05, 0.1) is 0 Å². The first-order valence-corrected chi connectivity index (χ1v) is 14.9. The van der Waals surface area contributed by atoms with Crippen molar-refractivity contribution in [3.8, 4) is 0 Å². The van der Waals surface area contributed by atoms with Gasteiger partial charge >= 0.3 is 0 Å². The highest BCUT2D eigenvalue weighted by Gasteiger charge is 2.35. The van der Waals surface area contributed by atoms with Crippen LogP contribution in [0.5, 0.6) is 0 Å². The molecule has 0 nitrogen and oxygen atoms in total. The summed E-state index contributed by atoms with van der Waals surface area (Å²) in [5.41, 5.74) is 2.43. The summed E-state index contributed by atoms with van der Waals surface area (Å²) in [6.07, 6.45) is 22.4. The lowest BCUT2D eigenvalue weighted by molar-refractivity contribution is 0.0797. The maximum atomic E-state index is 2.55. The van der Waals surface area contributed by atoms with E-state index in [1.54, 1.807) is 0 Å². The van der Waals surface area contributed by atoms with Gasteiger partial charge in [-0.25, -0.2) is 0 Å². The Kier molecular flexibility index (Phi) is 14.5. The van der Waals surface area contributed by atoms with Crippen LogP contribution in [-0.2, 0) is 0 Å². The van der Waals surface area contributed by atoms with Crippen LogP contribution < -0.4 is 0 Å². The van der Waals surface area contributed by atoms with E-state index in [-0.39, 0.29) is 0 Å². The van der Waals surface area contributed by atoms with E-state index in [1.807, 2.05) is 0 Å². The number of rotatable bonds is 18. The topological polar surface area (TPSA) is 0 Å². The van der Waals surface area contributed by atoms with Crippen molar-refractivity contribution in [3.63, 3.8) is 0 Å². The third-order valence-electron chi connectivity index (χ3n) is 9.20. The Morgan fingerprint density at radius 1 is 0.333 bits per heavy atom. The molecule has 200 valence electrons. The molecular formula is C33H68. The van der Waals surface area contributed by atoms with Crippen LogP contribution in [-0.4, -0.2) is 0 Å². The Morgan fingerprint density at radius 2 is 0.636 bits per heavy atom. The normalized spacial score (nSPS) is 15.6. The summed E-state index contributed by atoms with van der Waals surface area (Å²) in [7, 11) is 0. The molecule has 0 N–H and O–H groups in total. The minimum Gasteiger partial charge on any atom is -0.0649 e. The van der Waals surface area contributed by atoms with E-state index in [0.29, 0.717) is 27.1 Å². The lowest BCUT2D eigenvalue weighted by atomic mass is 9.63. The zero-order valence-corrected chi connectivity index (χ0v) is 25.8. The van der Waals surface area contributed by atoms with E-state index in [9.17, 15) is 0 Å². The third kappa shape index (κ3) is 16.3. The highest BCUT2D eigenvalue weighted by Crippen LogP contribution is 2.46. The van der Waals surface area contributed by atoms with E-state index in [1.165, 1.54) is 103 Å². The van der Waals surface area contributed by atoms with Crippen LogP contribution in [0.3, 0.4) is 0 Å². The Bertz CT molecular complexity index is 481. The van der Waals surface area contributed by atoms with Crippen LogP contribution in [0.15, 0.2) is 0 Å². The van der Waals surface area contributed by atoms with E-state index >= 15 is 0 Å². The maximum Gasteiger partial charge on any atom is -0.0303 e. The molecule has 0 saturated carbocycles. The van der Waals surface area contributed by atoms with Crippen molar-refractivity contribution in [1.82, 2.24) is 0 Å². The Hall–Kier alpha value is 0. The molecule has 0 fully saturated rings. The SMILES string of the molecule is CCC(C)(CCCCC(C)(C)C(C)(C)CCCCCCCCC(C)(C)C)CCCC(C)(C)C. The Morgan fingerprint density at radius 3 is 1.06 bits per heavy atom.